The molecule has 2 heteroatoms. The highest BCUT2D eigenvalue weighted by molar-refractivity contribution is 5.95. The third-order valence-corrected chi connectivity index (χ3v) is 6.07. The SMILES string of the molecule is C1=CC(c2ccccc2)(c2ccccc2)Oc2ccc3cc(-n4cccc4)ccc3c21. The van der Waals surface area contributed by atoms with Gasteiger partial charge in [-0.05, 0) is 53.3 Å². The summed E-state index contributed by atoms with van der Waals surface area (Å²) in [6.07, 6.45) is 8.54. The second kappa shape index (κ2) is 7.03. The van der Waals surface area contributed by atoms with Crippen molar-refractivity contribution in [1.29, 1.82) is 0 Å². The molecule has 6 rings (SSSR count). The first kappa shape index (κ1) is 17.8. The lowest BCUT2D eigenvalue weighted by Gasteiger charge is -2.36. The molecule has 0 saturated heterocycles. The van der Waals surface area contributed by atoms with Gasteiger partial charge in [0.25, 0.3) is 0 Å². The molecule has 0 amide bonds. The van der Waals surface area contributed by atoms with E-state index in [2.05, 4.69) is 108 Å². The Morgan fingerprint density at radius 2 is 1.32 bits per heavy atom. The van der Waals surface area contributed by atoms with Gasteiger partial charge in [-0.25, -0.2) is 0 Å². The maximum Gasteiger partial charge on any atom is 0.178 e. The Morgan fingerprint density at radius 3 is 2.00 bits per heavy atom. The molecule has 1 aliphatic rings. The van der Waals surface area contributed by atoms with Crippen molar-refractivity contribution in [3.8, 4) is 11.4 Å². The van der Waals surface area contributed by atoms with Crippen LogP contribution < -0.4 is 4.74 Å². The molecule has 148 valence electrons. The van der Waals surface area contributed by atoms with E-state index in [1.807, 2.05) is 24.3 Å². The molecule has 2 heterocycles. The second-order valence-corrected chi connectivity index (χ2v) is 7.88. The molecule has 0 N–H and O–H groups in total. The summed E-state index contributed by atoms with van der Waals surface area (Å²) in [5, 5.41) is 2.39. The van der Waals surface area contributed by atoms with E-state index >= 15 is 0 Å². The number of rotatable bonds is 3. The van der Waals surface area contributed by atoms with Gasteiger partial charge in [-0.1, -0.05) is 72.8 Å². The fourth-order valence-electron chi connectivity index (χ4n) is 4.51. The minimum atomic E-state index is -0.645. The minimum Gasteiger partial charge on any atom is -0.473 e. The van der Waals surface area contributed by atoms with Crippen molar-refractivity contribution in [2.45, 2.75) is 5.60 Å². The van der Waals surface area contributed by atoms with E-state index in [-0.39, 0.29) is 0 Å². The first-order valence-electron chi connectivity index (χ1n) is 10.5. The summed E-state index contributed by atoms with van der Waals surface area (Å²) in [6, 6.07) is 35.8. The lowest BCUT2D eigenvalue weighted by atomic mass is 9.83. The standard InChI is InChI=1S/C29H21NO/c1-3-9-23(10-4-1)29(24-11-5-2-6-12-24)18-17-27-26-15-14-25(30-19-7-8-20-30)21-22(26)13-16-28(27)31-29/h1-21H. The maximum atomic E-state index is 6.81. The van der Waals surface area contributed by atoms with Gasteiger partial charge in [-0.3, -0.25) is 0 Å². The van der Waals surface area contributed by atoms with Gasteiger partial charge in [-0.2, -0.15) is 0 Å². The van der Waals surface area contributed by atoms with E-state index in [1.165, 1.54) is 10.8 Å². The van der Waals surface area contributed by atoms with E-state index in [0.29, 0.717) is 0 Å². The smallest absolute Gasteiger partial charge is 0.178 e. The molecule has 1 aliphatic heterocycles. The van der Waals surface area contributed by atoms with Crippen molar-refractivity contribution < 1.29 is 4.74 Å². The summed E-state index contributed by atoms with van der Waals surface area (Å²) >= 11 is 0. The molecule has 0 bridgehead atoms. The molecular weight excluding hydrogens is 378 g/mol. The van der Waals surface area contributed by atoms with Gasteiger partial charge >= 0.3 is 0 Å². The Labute approximate surface area is 181 Å². The highest BCUT2D eigenvalue weighted by atomic mass is 16.5. The van der Waals surface area contributed by atoms with Crippen LogP contribution >= 0.6 is 0 Å². The average molecular weight is 399 g/mol. The number of nitrogens with zero attached hydrogens (tertiary/aromatic N) is 1. The van der Waals surface area contributed by atoms with E-state index in [1.54, 1.807) is 0 Å². The van der Waals surface area contributed by atoms with Gasteiger partial charge < -0.3 is 9.30 Å². The summed E-state index contributed by atoms with van der Waals surface area (Å²) < 4.78 is 8.94. The third-order valence-electron chi connectivity index (χ3n) is 6.07. The van der Waals surface area contributed by atoms with Crippen LogP contribution in [0.3, 0.4) is 0 Å². The molecule has 5 aromatic rings. The Balaban J connectivity index is 1.51. The molecule has 0 aliphatic carbocycles. The number of hydrogen-bond acceptors (Lipinski definition) is 1. The van der Waals surface area contributed by atoms with Crippen molar-refractivity contribution >= 4 is 16.8 Å². The first-order valence-corrected chi connectivity index (χ1v) is 10.5. The molecule has 1 aromatic heterocycles. The molecule has 0 unspecified atom stereocenters. The molecule has 0 fully saturated rings. The van der Waals surface area contributed by atoms with E-state index in [9.17, 15) is 0 Å². The Kier molecular flexibility index (Phi) is 4.03. The van der Waals surface area contributed by atoms with Crippen LogP contribution in [-0.4, -0.2) is 4.57 Å². The molecule has 0 atom stereocenters. The number of ether oxygens (including phenoxy) is 1. The number of hydrogen-bond donors (Lipinski definition) is 0. The first-order chi connectivity index (χ1) is 15.3. The van der Waals surface area contributed by atoms with Crippen LogP contribution in [0.15, 0.2) is 122 Å². The van der Waals surface area contributed by atoms with Crippen molar-refractivity contribution in [2.24, 2.45) is 0 Å². The predicted molar refractivity (Wildman–Crippen MR) is 127 cm³/mol. The Hall–Kier alpha value is -4.04. The highest BCUT2D eigenvalue weighted by Gasteiger charge is 2.37. The topological polar surface area (TPSA) is 14.2 Å². The van der Waals surface area contributed by atoms with Crippen LogP contribution in [0.2, 0.25) is 0 Å². The fraction of sp³-hybridized carbons (Fsp3) is 0.0345. The zero-order valence-electron chi connectivity index (χ0n) is 17.0. The molecule has 0 spiro atoms. The molecule has 31 heavy (non-hydrogen) atoms. The van der Waals surface area contributed by atoms with Gasteiger partial charge in [0, 0.05) is 34.8 Å². The van der Waals surface area contributed by atoms with Crippen molar-refractivity contribution in [3.05, 3.63) is 138 Å². The maximum absolute atomic E-state index is 6.81. The highest BCUT2D eigenvalue weighted by Crippen LogP contribution is 2.44. The summed E-state index contributed by atoms with van der Waals surface area (Å²) in [7, 11) is 0. The zero-order valence-corrected chi connectivity index (χ0v) is 17.0. The number of aromatic nitrogens is 1. The van der Waals surface area contributed by atoms with Crippen LogP contribution in [0.1, 0.15) is 16.7 Å². The van der Waals surface area contributed by atoms with Crippen LogP contribution in [-0.2, 0) is 5.60 Å². The molecule has 4 aromatic carbocycles. The van der Waals surface area contributed by atoms with Crippen molar-refractivity contribution in [3.63, 3.8) is 0 Å². The Morgan fingerprint density at radius 1 is 0.645 bits per heavy atom. The number of benzene rings is 4. The lowest BCUT2D eigenvalue weighted by molar-refractivity contribution is 0.161. The largest absolute Gasteiger partial charge is 0.473 e. The quantitative estimate of drug-likeness (QED) is 0.319. The normalized spacial score (nSPS) is 14.2. The van der Waals surface area contributed by atoms with E-state index in [4.69, 9.17) is 4.74 Å². The zero-order chi connectivity index (χ0) is 20.7. The van der Waals surface area contributed by atoms with Gasteiger partial charge in [0.1, 0.15) is 5.75 Å². The summed E-state index contributed by atoms with van der Waals surface area (Å²) in [6.45, 7) is 0. The van der Waals surface area contributed by atoms with Crippen molar-refractivity contribution in [1.82, 2.24) is 4.57 Å². The molecule has 2 nitrogen and oxygen atoms in total. The monoisotopic (exact) mass is 399 g/mol. The predicted octanol–water partition coefficient (Wildman–Crippen LogP) is 6.98. The van der Waals surface area contributed by atoms with Gasteiger partial charge in [0.05, 0.1) is 0 Å². The van der Waals surface area contributed by atoms with E-state index in [0.717, 1.165) is 28.1 Å². The van der Waals surface area contributed by atoms with Crippen LogP contribution in [0.25, 0.3) is 22.5 Å². The fourth-order valence-corrected chi connectivity index (χ4v) is 4.51. The van der Waals surface area contributed by atoms with Gasteiger partial charge in [0.2, 0.25) is 0 Å². The molecular formula is C29H21NO. The van der Waals surface area contributed by atoms with Crippen LogP contribution in [0, 0.1) is 0 Å². The second-order valence-electron chi connectivity index (χ2n) is 7.88. The minimum absolute atomic E-state index is 0.645. The third kappa shape index (κ3) is 2.88. The summed E-state index contributed by atoms with van der Waals surface area (Å²) in [5.41, 5.74) is 3.87. The lowest BCUT2D eigenvalue weighted by Crippen LogP contribution is -2.34. The van der Waals surface area contributed by atoms with E-state index < -0.39 is 5.60 Å². The van der Waals surface area contributed by atoms with Gasteiger partial charge in [0.15, 0.2) is 5.60 Å². The summed E-state index contributed by atoms with van der Waals surface area (Å²) in [5.74, 6) is 0.899. The summed E-state index contributed by atoms with van der Waals surface area (Å²) in [4.78, 5) is 0. The average Bonchev–Trinajstić information content (AvgIpc) is 3.39. The Bertz CT molecular complexity index is 1340. The van der Waals surface area contributed by atoms with Crippen LogP contribution in [0.5, 0.6) is 5.75 Å². The number of fused-ring (bicyclic) bond motifs is 3. The molecule has 0 saturated carbocycles. The van der Waals surface area contributed by atoms with Crippen molar-refractivity contribution in [2.75, 3.05) is 0 Å². The van der Waals surface area contributed by atoms with Gasteiger partial charge in [-0.15, -0.1) is 0 Å². The van der Waals surface area contributed by atoms with Crippen LogP contribution in [0.4, 0.5) is 0 Å². The molecule has 0 radical (unpaired) electrons.